The van der Waals surface area contributed by atoms with E-state index in [1.54, 1.807) is 19.9 Å². The number of aryl methyl sites for hydroxylation is 1. The fourth-order valence-electron chi connectivity index (χ4n) is 1.28. The molecule has 0 unspecified atom stereocenters. The van der Waals surface area contributed by atoms with Crippen molar-refractivity contribution in [3.05, 3.63) is 29.2 Å². The first-order valence-corrected chi connectivity index (χ1v) is 7.75. The molecule has 1 aromatic heterocycles. The predicted octanol–water partition coefficient (Wildman–Crippen LogP) is 2.16. The highest BCUT2D eigenvalue weighted by Crippen LogP contribution is 2.28. The molecule has 0 bridgehead atoms. The van der Waals surface area contributed by atoms with Gasteiger partial charge in [-0.3, -0.25) is 4.72 Å². The number of thiophene rings is 1. The van der Waals surface area contributed by atoms with Crippen molar-refractivity contribution in [3.63, 3.8) is 0 Å². The molecule has 0 atom stereocenters. The number of nitrogens with one attached hydrogen (secondary N) is 1. The number of ether oxygens (including phenoxy) is 1. The van der Waals surface area contributed by atoms with E-state index in [0.717, 1.165) is 11.3 Å². The normalized spacial score (nSPS) is 11.0. The van der Waals surface area contributed by atoms with Crippen LogP contribution in [0.25, 0.3) is 0 Å². The zero-order valence-corrected chi connectivity index (χ0v) is 11.9. The Balaban J connectivity index is 2.91. The van der Waals surface area contributed by atoms with Gasteiger partial charge in [-0.1, -0.05) is 6.08 Å². The number of carbonyl (C=O) groups is 1. The average Bonchev–Trinajstić information content (AvgIpc) is 2.58. The summed E-state index contributed by atoms with van der Waals surface area (Å²) in [4.78, 5) is 12.0. The molecule has 0 amide bonds. The highest BCUT2D eigenvalue weighted by Gasteiger charge is 2.17. The predicted molar refractivity (Wildman–Crippen MR) is 72.6 cm³/mol. The minimum Gasteiger partial charge on any atom is -0.462 e. The summed E-state index contributed by atoms with van der Waals surface area (Å²) in [6.07, 6.45) is 1.30. The Labute approximate surface area is 111 Å². The van der Waals surface area contributed by atoms with E-state index in [1.807, 2.05) is 0 Å². The highest BCUT2D eigenvalue weighted by atomic mass is 32.2. The molecular formula is C11H15NO4S2. The minimum atomic E-state index is -3.44. The van der Waals surface area contributed by atoms with Gasteiger partial charge in [-0.2, -0.15) is 0 Å². The van der Waals surface area contributed by atoms with Gasteiger partial charge in [-0.25, -0.2) is 13.2 Å². The van der Waals surface area contributed by atoms with Crippen LogP contribution in [0.3, 0.4) is 0 Å². The minimum absolute atomic E-state index is 0.168. The van der Waals surface area contributed by atoms with E-state index < -0.39 is 16.0 Å². The van der Waals surface area contributed by atoms with Crippen LogP contribution in [0, 0.1) is 6.92 Å². The van der Waals surface area contributed by atoms with Gasteiger partial charge < -0.3 is 4.74 Å². The highest BCUT2D eigenvalue weighted by molar-refractivity contribution is 7.93. The smallest absolute Gasteiger partial charge is 0.348 e. The zero-order valence-electron chi connectivity index (χ0n) is 10.2. The second kappa shape index (κ2) is 6.01. The van der Waals surface area contributed by atoms with Crippen molar-refractivity contribution >= 4 is 32.3 Å². The average molecular weight is 289 g/mol. The van der Waals surface area contributed by atoms with Crippen molar-refractivity contribution < 1.29 is 17.9 Å². The molecule has 0 aliphatic rings. The molecule has 0 aliphatic carbocycles. The first-order valence-electron chi connectivity index (χ1n) is 5.28. The Bertz CT molecular complexity index is 545. The van der Waals surface area contributed by atoms with Crippen molar-refractivity contribution in [3.8, 4) is 0 Å². The molecule has 0 aromatic carbocycles. The maximum Gasteiger partial charge on any atom is 0.348 e. The van der Waals surface area contributed by atoms with Gasteiger partial charge in [0.2, 0.25) is 10.0 Å². The Kier molecular flexibility index (Phi) is 4.92. The van der Waals surface area contributed by atoms with Gasteiger partial charge in [0.05, 0.1) is 12.4 Å². The van der Waals surface area contributed by atoms with Gasteiger partial charge in [-0.15, -0.1) is 17.9 Å². The third-order valence-corrected chi connectivity index (χ3v) is 4.44. The molecule has 1 N–H and O–H groups in total. The number of rotatable bonds is 6. The zero-order chi connectivity index (χ0) is 13.8. The molecule has 0 aliphatic heterocycles. The number of esters is 1. The molecule has 18 heavy (non-hydrogen) atoms. The summed E-state index contributed by atoms with van der Waals surface area (Å²) in [5, 5.41) is 0.400. The van der Waals surface area contributed by atoms with Gasteiger partial charge in [0.1, 0.15) is 9.88 Å². The van der Waals surface area contributed by atoms with E-state index in [1.165, 1.54) is 6.08 Å². The fraction of sp³-hybridized carbons (Fsp3) is 0.364. The van der Waals surface area contributed by atoms with Crippen LogP contribution in [-0.2, 0) is 14.8 Å². The lowest BCUT2D eigenvalue weighted by Gasteiger charge is -2.02. The summed E-state index contributed by atoms with van der Waals surface area (Å²) >= 11 is 1.06. The molecule has 1 heterocycles. The van der Waals surface area contributed by atoms with Crippen LogP contribution in [0.2, 0.25) is 0 Å². The second-order valence-electron chi connectivity index (χ2n) is 3.52. The first kappa shape index (κ1) is 14.7. The lowest BCUT2D eigenvalue weighted by atomic mass is 10.3. The molecule has 7 heteroatoms. The van der Waals surface area contributed by atoms with Gasteiger partial charge in [0.15, 0.2) is 0 Å². The number of carbonyl (C=O) groups excluding carboxylic acids is 1. The lowest BCUT2D eigenvalue weighted by molar-refractivity contribution is 0.0531. The summed E-state index contributed by atoms with van der Waals surface area (Å²) in [6.45, 7) is 7.11. The largest absolute Gasteiger partial charge is 0.462 e. The van der Waals surface area contributed by atoms with E-state index in [0.29, 0.717) is 15.4 Å². The second-order valence-corrected chi connectivity index (χ2v) is 6.33. The summed E-state index contributed by atoms with van der Waals surface area (Å²) in [5.41, 5.74) is 0.690. The molecule has 5 nitrogen and oxygen atoms in total. The number of anilines is 1. The molecular weight excluding hydrogens is 274 g/mol. The monoisotopic (exact) mass is 289 g/mol. The van der Waals surface area contributed by atoms with Crippen molar-refractivity contribution in [1.82, 2.24) is 0 Å². The molecule has 0 saturated carbocycles. The van der Waals surface area contributed by atoms with Gasteiger partial charge in [0, 0.05) is 0 Å². The lowest BCUT2D eigenvalue weighted by Crippen LogP contribution is -2.14. The Morgan fingerprint density at radius 1 is 1.61 bits per heavy atom. The van der Waals surface area contributed by atoms with Crippen LogP contribution in [0.1, 0.15) is 22.2 Å². The molecule has 0 spiro atoms. The van der Waals surface area contributed by atoms with E-state index in [-0.39, 0.29) is 12.4 Å². The number of sulfonamides is 1. The number of hydrogen-bond acceptors (Lipinski definition) is 5. The Morgan fingerprint density at radius 3 is 2.83 bits per heavy atom. The standard InChI is InChI=1S/C11H15NO4S2/c1-4-6-18(14,15)12-9-7-8(3)10(17-9)11(13)16-5-2/h4,7,12H,1,5-6H2,2-3H3. The van der Waals surface area contributed by atoms with Crippen LogP contribution in [0.4, 0.5) is 5.00 Å². The van der Waals surface area contributed by atoms with Crippen LogP contribution in [0.15, 0.2) is 18.7 Å². The van der Waals surface area contributed by atoms with Gasteiger partial charge in [-0.05, 0) is 25.5 Å². The summed E-state index contributed by atoms with van der Waals surface area (Å²) < 4.78 is 30.3. The summed E-state index contributed by atoms with van der Waals surface area (Å²) in [5.74, 6) is -0.604. The van der Waals surface area contributed by atoms with Crippen LogP contribution < -0.4 is 4.72 Å². The Morgan fingerprint density at radius 2 is 2.28 bits per heavy atom. The van der Waals surface area contributed by atoms with Crippen LogP contribution in [-0.4, -0.2) is 26.7 Å². The SMILES string of the molecule is C=CCS(=O)(=O)Nc1cc(C)c(C(=O)OCC)s1. The Hall–Kier alpha value is -1.34. The fourth-order valence-corrected chi connectivity index (χ4v) is 3.41. The summed E-state index contributed by atoms with van der Waals surface area (Å²) in [6, 6.07) is 1.61. The maximum absolute atomic E-state index is 11.6. The van der Waals surface area contributed by atoms with E-state index in [9.17, 15) is 13.2 Å². The molecule has 0 fully saturated rings. The third kappa shape index (κ3) is 3.85. The van der Waals surface area contributed by atoms with Crippen molar-refractivity contribution in [1.29, 1.82) is 0 Å². The number of hydrogen-bond donors (Lipinski definition) is 1. The molecule has 1 aromatic rings. The van der Waals surface area contributed by atoms with Gasteiger partial charge in [0.25, 0.3) is 0 Å². The molecule has 0 saturated heterocycles. The molecule has 1 rings (SSSR count). The van der Waals surface area contributed by atoms with Crippen molar-refractivity contribution in [2.45, 2.75) is 13.8 Å². The van der Waals surface area contributed by atoms with E-state index >= 15 is 0 Å². The quantitative estimate of drug-likeness (QED) is 0.643. The topological polar surface area (TPSA) is 72.5 Å². The van der Waals surface area contributed by atoms with Crippen molar-refractivity contribution in [2.24, 2.45) is 0 Å². The molecule has 100 valence electrons. The van der Waals surface area contributed by atoms with E-state index in [2.05, 4.69) is 11.3 Å². The van der Waals surface area contributed by atoms with Gasteiger partial charge >= 0.3 is 5.97 Å². The van der Waals surface area contributed by atoms with Crippen molar-refractivity contribution in [2.75, 3.05) is 17.1 Å². The van der Waals surface area contributed by atoms with Crippen LogP contribution >= 0.6 is 11.3 Å². The maximum atomic E-state index is 11.6. The van der Waals surface area contributed by atoms with Crippen LogP contribution in [0.5, 0.6) is 0 Å². The molecule has 0 radical (unpaired) electrons. The first-order chi connectivity index (χ1) is 8.39. The summed E-state index contributed by atoms with van der Waals surface area (Å²) in [7, 11) is -3.44. The third-order valence-electron chi connectivity index (χ3n) is 1.97. The van der Waals surface area contributed by atoms with E-state index in [4.69, 9.17) is 4.74 Å².